The van der Waals surface area contributed by atoms with Crippen LogP contribution in [0.5, 0.6) is 0 Å². The van der Waals surface area contributed by atoms with Crippen molar-refractivity contribution in [3.8, 4) is 0 Å². The molecule has 1 fully saturated rings. The molecule has 16 heavy (non-hydrogen) atoms. The summed E-state index contributed by atoms with van der Waals surface area (Å²) in [4.78, 5) is 8.24. The molecule has 0 bridgehead atoms. The van der Waals surface area contributed by atoms with Gasteiger partial charge in [0.1, 0.15) is 11.9 Å². The summed E-state index contributed by atoms with van der Waals surface area (Å²) in [6, 6.07) is 0. The van der Waals surface area contributed by atoms with Gasteiger partial charge >= 0.3 is 0 Å². The fourth-order valence-corrected chi connectivity index (χ4v) is 2.86. The lowest BCUT2D eigenvalue weighted by Gasteiger charge is -2.15. The van der Waals surface area contributed by atoms with Crippen molar-refractivity contribution in [3.63, 3.8) is 0 Å². The van der Waals surface area contributed by atoms with Crippen LogP contribution in [0, 0.1) is 11.8 Å². The second kappa shape index (κ2) is 3.88. The van der Waals surface area contributed by atoms with Crippen LogP contribution in [0.4, 0.5) is 0 Å². The highest BCUT2D eigenvalue weighted by atomic mass is 16.5. The summed E-state index contributed by atoms with van der Waals surface area (Å²) in [5.41, 5.74) is 2.65. The Morgan fingerprint density at radius 2 is 2.19 bits per heavy atom. The van der Waals surface area contributed by atoms with E-state index in [9.17, 15) is 0 Å². The summed E-state index contributed by atoms with van der Waals surface area (Å²) in [6.07, 6.45) is 4.93. The first-order valence-electron chi connectivity index (χ1n) is 6.43. The van der Waals surface area contributed by atoms with Gasteiger partial charge in [-0.1, -0.05) is 13.8 Å². The number of hydrogen-bond acceptors (Lipinski definition) is 2. The van der Waals surface area contributed by atoms with Gasteiger partial charge in [0.2, 0.25) is 0 Å². The molecule has 2 aliphatic rings. The predicted molar refractivity (Wildman–Crippen MR) is 62.3 cm³/mol. The van der Waals surface area contributed by atoms with E-state index >= 15 is 0 Å². The van der Waals surface area contributed by atoms with Crippen LogP contribution in [0.2, 0.25) is 0 Å². The zero-order chi connectivity index (χ0) is 11.1. The van der Waals surface area contributed by atoms with Gasteiger partial charge in [0.25, 0.3) is 0 Å². The van der Waals surface area contributed by atoms with Crippen LogP contribution >= 0.6 is 0 Å². The normalized spacial score (nSPS) is 34.0. The van der Waals surface area contributed by atoms with Gasteiger partial charge in [-0.25, -0.2) is 4.98 Å². The number of imidazole rings is 1. The van der Waals surface area contributed by atoms with Crippen molar-refractivity contribution in [2.24, 2.45) is 11.8 Å². The number of ether oxygens (including phenoxy) is 1. The Bertz CT molecular complexity index is 385. The largest absolute Gasteiger partial charge is 0.370 e. The van der Waals surface area contributed by atoms with Crippen molar-refractivity contribution in [3.05, 3.63) is 17.2 Å². The Labute approximate surface area is 96.6 Å². The number of hydrogen-bond donors (Lipinski definition) is 1. The molecule has 0 amide bonds. The minimum absolute atomic E-state index is 0.209. The highest BCUT2D eigenvalue weighted by Gasteiger charge is 2.30. The second-order valence-corrected chi connectivity index (χ2v) is 5.45. The SMILES string of the molecule is CC1CCc2nc(C3OCCC3C)[nH]c2C1. The van der Waals surface area contributed by atoms with E-state index in [4.69, 9.17) is 9.72 Å². The van der Waals surface area contributed by atoms with Gasteiger partial charge < -0.3 is 9.72 Å². The monoisotopic (exact) mass is 220 g/mol. The molecule has 1 aromatic heterocycles. The Morgan fingerprint density at radius 1 is 1.31 bits per heavy atom. The fourth-order valence-electron chi connectivity index (χ4n) is 2.86. The average Bonchev–Trinajstić information content (AvgIpc) is 2.82. The van der Waals surface area contributed by atoms with Crippen molar-refractivity contribution >= 4 is 0 Å². The first-order valence-corrected chi connectivity index (χ1v) is 6.43. The van der Waals surface area contributed by atoms with E-state index in [-0.39, 0.29) is 6.10 Å². The molecule has 1 aliphatic heterocycles. The van der Waals surface area contributed by atoms with Crippen LogP contribution in [0.1, 0.15) is 50.0 Å². The van der Waals surface area contributed by atoms with E-state index in [0.29, 0.717) is 5.92 Å². The van der Waals surface area contributed by atoms with E-state index in [1.165, 1.54) is 17.8 Å². The van der Waals surface area contributed by atoms with E-state index < -0.39 is 0 Å². The molecule has 3 nitrogen and oxygen atoms in total. The lowest BCUT2D eigenvalue weighted by atomic mass is 9.92. The molecule has 0 saturated carbocycles. The number of aryl methyl sites for hydroxylation is 1. The maximum Gasteiger partial charge on any atom is 0.136 e. The molecule has 1 N–H and O–H groups in total. The summed E-state index contributed by atoms with van der Waals surface area (Å²) < 4.78 is 5.76. The molecule has 1 aromatic rings. The van der Waals surface area contributed by atoms with Crippen LogP contribution < -0.4 is 0 Å². The first kappa shape index (κ1) is 10.3. The van der Waals surface area contributed by atoms with E-state index in [1.54, 1.807) is 0 Å². The molecule has 3 unspecified atom stereocenters. The van der Waals surface area contributed by atoms with E-state index in [0.717, 1.165) is 37.6 Å². The molecule has 0 radical (unpaired) electrons. The molecular formula is C13H20N2O. The molecule has 1 saturated heterocycles. The molecule has 0 aromatic carbocycles. The lowest BCUT2D eigenvalue weighted by molar-refractivity contribution is 0.0879. The van der Waals surface area contributed by atoms with E-state index in [1.807, 2.05) is 0 Å². The summed E-state index contributed by atoms with van der Waals surface area (Å²) in [7, 11) is 0. The Hall–Kier alpha value is -0.830. The van der Waals surface area contributed by atoms with Gasteiger partial charge in [-0.15, -0.1) is 0 Å². The highest BCUT2D eigenvalue weighted by molar-refractivity contribution is 5.20. The Balaban J connectivity index is 1.86. The summed E-state index contributed by atoms with van der Waals surface area (Å²) in [5, 5.41) is 0. The number of H-pyrrole nitrogens is 1. The summed E-state index contributed by atoms with van der Waals surface area (Å²) in [5.74, 6) is 2.47. The quantitative estimate of drug-likeness (QED) is 0.790. The average molecular weight is 220 g/mol. The molecule has 0 spiro atoms. The van der Waals surface area contributed by atoms with Crippen LogP contribution in [0.3, 0.4) is 0 Å². The third-order valence-corrected chi connectivity index (χ3v) is 3.97. The van der Waals surface area contributed by atoms with Gasteiger partial charge in [0, 0.05) is 12.3 Å². The van der Waals surface area contributed by atoms with Crippen LogP contribution in [0.15, 0.2) is 0 Å². The number of fused-ring (bicyclic) bond motifs is 1. The molecular weight excluding hydrogens is 200 g/mol. The summed E-state index contributed by atoms with van der Waals surface area (Å²) >= 11 is 0. The zero-order valence-corrected chi connectivity index (χ0v) is 10.1. The van der Waals surface area contributed by atoms with Crippen molar-refractivity contribution in [2.75, 3.05) is 6.61 Å². The molecule has 3 atom stereocenters. The third-order valence-electron chi connectivity index (χ3n) is 3.97. The smallest absolute Gasteiger partial charge is 0.136 e. The minimum Gasteiger partial charge on any atom is -0.370 e. The van der Waals surface area contributed by atoms with Gasteiger partial charge in [-0.05, 0) is 37.5 Å². The molecule has 88 valence electrons. The number of aromatic amines is 1. The molecule has 2 heterocycles. The third kappa shape index (κ3) is 1.67. The molecule has 3 rings (SSSR count). The maximum absolute atomic E-state index is 5.76. The first-order chi connectivity index (χ1) is 7.74. The Kier molecular flexibility index (Phi) is 2.51. The number of rotatable bonds is 1. The Morgan fingerprint density at radius 3 is 2.94 bits per heavy atom. The van der Waals surface area contributed by atoms with Crippen molar-refractivity contribution in [1.29, 1.82) is 0 Å². The standard InChI is InChI=1S/C13H20N2O/c1-8-3-4-10-11(7-8)15-13(14-10)12-9(2)5-6-16-12/h8-9,12H,3-7H2,1-2H3,(H,14,15). The zero-order valence-electron chi connectivity index (χ0n) is 10.1. The number of aromatic nitrogens is 2. The van der Waals surface area contributed by atoms with Crippen LogP contribution in [-0.4, -0.2) is 16.6 Å². The van der Waals surface area contributed by atoms with E-state index in [2.05, 4.69) is 18.8 Å². The number of nitrogens with zero attached hydrogens (tertiary/aromatic N) is 1. The van der Waals surface area contributed by atoms with Gasteiger partial charge in [0.15, 0.2) is 0 Å². The summed E-state index contributed by atoms with van der Waals surface area (Å²) in [6.45, 7) is 5.45. The second-order valence-electron chi connectivity index (χ2n) is 5.45. The fraction of sp³-hybridized carbons (Fsp3) is 0.769. The maximum atomic E-state index is 5.76. The molecule has 1 aliphatic carbocycles. The minimum atomic E-state index is 0.209. The predicted octanol–water partition coefficient (Wildman–Crippen LogP) is 2.63. The van der Waals surface area contributed by atoms with Crippen molar-refractivity contribution in [1.82, 2.24) is 9.97 Å². The van der Waals surface area contributed by atoms with Crippen molar-refractivity contribution in [2.45, 2.75) is 45.6 Å². The number of nitrogens with one attached hydrogen (secondary N) is 1. The van der Waals surface area contributed by atoms with Gasteiger partial charge in [0.05, 0.1) is 5.69 Å². The lowest BCUT2D eigenvalue weighted by Crippen LogP contribution is -2.10. The van der Waals surface area contributed by atoms with Gasteiger partial charge in [-0.2, -0.15) is 0 Å². The highest BCUT2D eigenvalue weighted by Crippen LogP contribution is 2.34. The topological polar surface area (TPSA) is 37.9 Å². The van der Waals surface area contributed by atoms with Gasteiger partial charge in [-0.3, -0.25) is 0 Å². The van der Waals surface area contributed by atoms with Crippen LogP contribution in [0.25, 0.3) is 0 Å². The van der Waals surface area contributed by atoms with Crippen LogP contribution in [-0.2, 0) is 17.6 Å². The van der Waals surface area contributed by atoms with Crippen molar-refractivity contribution < 1.29 is 4.74 Å². The molecule has 3 heteroatoms.